The van der Waals surface area contributed by atoms with Crippen molar-refractivity contribution in [2.45, 2.75) is 19.0 Å². The van der Waals surface area contributed by atoms with Gasteiger partial charge in [0, 0.05) is 44.3 Å². The molecule has 2 aromatic rings. The highest BCUT2D eigenvalue weighted by Crippen LogP contribution is 2.22. The van der Waals surface area contributed by atoms with E-state index in [1.165, 1.54) is 22.9 Å². The van der Waals surface area contributed by atoms with E-state index < -0.39 is 0 Å². The van der Waals surface area contributed by atoms with Crippen LogP contribution in [0.1, 0.15) is 11.1 Å². The Bertz CT molecular complexity index is 851. The Labute approximate surface area is 176 Å². The minimum Gasteiger partial charge on any atom is -0.338 e. The predicted molar refractivity (Wildman–Crippen MR) is 115 cm³/mol. The first-order chi connectivity index (χ1) is 13.8. The standard InChI is InChI=1S/C21H29N5O2S/c1-16-11-17(2)13-18(12-16)26-6-5-22-21(26)29-15-20(28)25-9-7-24(8-10-25)19(27)14-23(3)4/h5-6,11-13H,7-10,14-15H2,1-4H3. The van der Waals surface area contributed by atoms with Crippen LogP contribution in [0.4, 0.5) is 0 Å². The number of imidazole rings is 1. The van der Waals surface area contributed by atoms with Gasteiger partial charge in [0.1, 0.15) is 0 Å². The van der Waals surface area contributed by atoms with E-state index in [-0.39, 0.29) is 11.8 Å². The van der Waals surface area contributed by atoms with Crippen LogP contribution < -0.4 is 0 Å². The van der Waals surface area contributed by atoms with Crippen LogP contribution in [0.15, 0.2) is 35.7 Å². The molecular weight excluding hydrogens is 386 g/mol. The van der Waals surface area contributed by atoms with E-state index >= 15 is 0 Å². The van der Waals surface area contributed by atoms with Gasteiger partial charge in [0.05, 0.1) is 12.3 Å². The molecule has 1 saturated heterocycles. The summed E-state index contributed by atoms with van der Waals surface area (Å²) in [5, 5.41) is 0.808. The van der Waals surface area contributed by atoms with Gasteiger partial charge in [-0.25, -0.2) is 4.98 Å². The van der Waals surface area contributed by atoms with Gasteiger partial charge in [-0.3, -0.25) is 14.2 Å². The average molecular weight is 416 g/mol. The van der Waals surface area contributed by atoms with Gasteiger partial charge in [0.15, 0.2) is 5.16 Å². The molecule has 1 fully saturated rings. The van der Waals surface area contributed by atoms with Crippen molar-refractivity contribution in [1.29, 1.82) is 0 Å². The first kappa shape index (κ1) is 21.4. The zero-order valence-electron chi connectivity index (χ0n) is 17.6. The van der Waals surface area contributed by atoms with Crippen molar-refractivity contribution in [3.63, 3.8) is 0 Å². The quantitative estimate of drug-likeness (QED) is 0.674. The predicted octanol–water partition coefficient (Wildman–Crippen LogP) is 1.81. The number of thioether (sulfide) groups is 1. The van der Waals surface area contributed by atoms with Crippen molar-refractivity contribution in [2.24, 2.45) is 0 Å². The van der Waals surface area contributed by atoms with Gasteiger partial charge in [-0.1, -0.05) is 17.8 Å². The maximum absolute atomic E-state index is 12.7. The first-order valence-corrected chi connectivity index (χ1v) is 10.8. The molecule has 0 aliphatic carbocycles. The average Bonchev–Trinajstić information content (AvgIpc) is 3.13. The second kappa shape index (κ2) is 9.45. The number of carbonyl (C=O) groups is 2. The summed E-state index contributed by atoms with van der Waals surface area (Å²) in [7, 11) is 3.77. The summed E-state index contributed by atoms with van der Waals surface area (Å²) in [6.45, 7) is 6.93. The molecule has 0 atom stereocenters. The third-order valence-corrected chi connectivity index (χ3v) is 5.80. The minimum atomic E-state index is 0.0877. The number of hydrogen-bond donors (Lipinski definition) is 0. The molecule has 1 aromatic carbocycles. The molecule has 0 bridgehead atoms. The Hall–Kier alpha value is -2.32. The zero-order chi connectivity index (χ0) is 21.0. The van der Waals surface area contributed by atoms with Crippen molar-refractivity contribution < 1.29 is 9.59 Å². The van der Waals surface area contributed by atoms with Gasteiger partial charge in [0.25, 0.3) is 0 Å². The topological polar surface area (TPSA) is 61.7 Å². The molecule has 2 heterocycles. The summed E-state index contributed by atoms with van der Waals surface area (Å²) < 4.78 is 2.02. The largest absolute Gasteiger partial charge is 0.338 e. The fourth-order valence-electron chi connectivity index (χ4n) is 3.48. The van der Waals surface area contributed by atoms with E-state index in [4.69, 9.17) is 0 Å². The summed E-state index contributed by atoms with van der Waals surface area (Å²) in [6, 6.07) is 6.37. The SMILES string of the molecule is Cc1cc(C)cc(-n2ccnc2SCC(=O)N2CCN(C(=O)CN(C)C)CC2)c1. The van der Waals surface area contributed by atoms with E-state index in [1.54, 1.807) is 6.20 Å². The van der Waals surface area contributed by atoms with Crippen molar-refractivity contribution in [1.82, 2.24) is 24.3 Å². The summed E-state index contributed by atoms with van der Waals surface area (Å²) in [5.74, 6) is 0.546. The van der Waals surface area contributed by atoms with Crippen LogP contribution >= 0.6 is 11.8 Å². The molecule has 29 heavy (non-hydrogen) atoms. The van der Waals surface area contributed by atoms with Gasteiger partial charge in [0.2, 0.25) is 11.8 Å². The van der Waals surface area contributed by atoms with Gasteiger partial charge < -0.3 is 14.7 Å². The number of aryl methyl sites for hydroxylation is 2. The lowest BCUT2D eigenvalue weighted by molar-refractivity contribution is -0.138. The third-order valence-electron chi connectivity index (χ3n) is 4.85. The molecule has 0 N–H and O–H groups in total. The van der Waals surface area contributed by atoms with Gasteiger partial charge in [-0.15, -0.1) is 0 Å². The molecule has 8 heteroatoms. The van der Waals surface area contributed by atoms with Crippen molar-refractivity contribution in [3.8, 4) is 5.69 Å². The molecule has 3 rings (SSSR count). The highest BCUT2D eigenvalue weighted by molar-refractivity contribution is 7.99. The van der Waals surface area contributed by atoms with Crippen LogP contribution in [0.5, 0.6) is 0 Å². The van der Waals surface area contributed by atoms with Crippen LogP contribution in [-0.4, -0.2) is 88.6 Å². The van der Waals surface area contributed by atoms with E-state index in [2.05, 4.69) is 37.0 Å². The lowest BCUT2D eigenvalue weighted by Crippen LogP contribution is -2.52. The number of benzene rings is 1. The molecular formula is C21H29N5O2S. The summed E-state index contributed by atoms with van der Waals surface area (Å²) in [6.07, 6.45) is 3.69. The molecule has 156 valence electrons. The summed E-state index contributed by atoms with van der Waals surface area (Å²) >= 11 is 1.45. The molecule has 7 nitrogen and oxygen atoms in total. The number of rotatable bonds is 6. The molecule has 1 aliphatic rings. The fourth-order valence-corrected chi connectivity index (χ4v) is 4.35. The Kier molecular flexibility index (Phi) is 6.97. The van der Waals surface area contributed by atoms with E-state index in [0.717, 1.165) is 10.8 Å². The number of amides is 2. The number of carbonyl (C=O) groups excluding carboxylic acids is 2. The van der Waals surface area contributed by atoms with Gasteiger partial charge >= 0.3 is 0 Å². The molecule has 0 unspecified atom stereocenters. The second-order valence-corrected chi connectivity index (χ2v) is 8.66. The van der Waals surface area contributed by atoms with Crippen molar-refractivity contribution >= 4 is 23.6 Å². The molecule has 1 aromatic heterocycles. The van der Waals surface area contributed by atoms with Crippen LogP contribution in [0, 0.1) is 13.8 Å². The van der Waals surface area contributed by atoms with E-state index in [0.29, 0.717) is 38.5 Å². The minimum absolute atomic E-state index is 0.0877. The highest BCUT2D eigenvalue weighted by atomic mass is 32.2. The fraction of sp³-hybridized carbons (Fsp3) is 0.476. The Morgan fingerprint density at radius 2 is 1.59 bits per heavy atom. The maximum atomic E-state index is 12.7. The van der Waals surface area contributed by atoms with E-state index in [1.807, 2.05) is 39.6 Å². The monoisotopic (exact) mass is 415 g/mol. The highest BCUT2D eigenvalue weighted by Gasteiger charge is 2.24. The second-order valence-electron chi connectivity index (χ2n) is 7.71. The van der Waals surface area contributed by atoms with Crippen molar-refractivity contribution in [2.75, 3.05) is 52.6 Å². The maximum Gasteiger partial charge on any atom is 0.236 e. The van der Waals surface area contributed by atoms with Crippen molar-refractivity contribution in [3.05, 3.63) is 41.7 Å². The number of hydrogen-bond acceptors (Lipinski definition) is 5. The Morgan fingerprint density at radius 1 is 1.00 bits per heavy atom. The molecule has 0 radical (unpaired) electrons. The zero-order valence-corrected chi connectivity index (χ0v) is 18.4. The van der Waals surface area contributed by atoms with Crippen LogP contribution in [0.2, 0.25) is 0 Å². The number of aromatic nitrogens is 2. The first-order valence-electron chi connectivity index (χ1n) is 9.78. The van der Waals surface area contributed by atoms with Crippen LogP contribution in [-0.2, 0) is 9.59 Å². The van der Waals surface area contributed by atoms with Crippen LogP contribution in [0.25, 0.3) is 5.69 Å². The van der Waals surface area contributed by atoms with Gasteiger partial charge in [-0.2, -0.15) is 0 Å². The third kappa shape index (κ3) is 5.61. The number of likely N-dealkylation sites (N-methyl/N-ethyl adjacent to an activating group) is 1. The number of piperazine rings is 1. The Morgan fingerprint density at radius 3 is 2.17 bits per heavy atom. The molecule has 0 saturated carbocycles. The molecule has 0 spiro atoms. The number of nitrogens with zero attached hydrogens (tertiary/aromatic N) is 5. The lowest BCUT2D eigenvalue weighted by atomic mass is 10.1. The van der Waals surface area contributed by atoms with Crippen LogP contribution in [0.3, 0.4) is 0 Å². The Balaban J connectivity index is 1.55. The molecule has 2 amide bonds. The molecule has 1 aliphatic heterocycles. The van der Waals surface area contributed by atoms with Gasteiger partial charge in [-0.05, 0) is 51.2 Å². The normalized spacial score (nSPS) is 14.5. The summed E-state index contributed by atoms with van der Waals surface area (Å²) in [4.78, 5) is 34.8. The summed E-state index contributed by atoms with van der Waals surface area (Å²) in [5.41, 5.74) is 3.45. The van der Waals surface area contributed by atoms with E-state index in [9.17, 15) is 9.59 Å². The lowest BCUT2D eigenvalue weighted by Gasteiger charge is -2.35. The smallest absolute Gasteiger partial charge is 0.236 e.